The number of nitrogens with zero attached hydrogens (tertiary/aromatic N) is 1. The molecular formula is C13H22N2O3. The number of hydrogen-bond donors (Lipinski definition) is 1. The van der Waals surface area contributed by atoms with E-state index in [0.29, 0.717) is 17.2 Å². The molecule has 1 rings (SSSR count). The van der Waals surface area contributed by atoms with Crippen LogP contribution in [-0.2, 0) is 0 Å². The molecule has 0 heterocycles. The van der Waals surface area contributed by atoms with Crippen LogP contribution in [-0.4, -0.2) is 46.9 Å². The Balaban J connectivity index is 3.16. The zero-order chi connectivity index (χ0) is 13.7. The molecule has 0 spiro atoms. The molecule has 1 aromatic carbocycles. The molecule has 0 aromatic heterocycles. The van der Waals surface area contributed by atoms with Crippen LogP contribution in [0.2, 0.25) is 0 Å². The summed E-state index contributed by atoms with van der Waals surface area (Å²) in [5, 5.41) is 0. The van der Waals surface area contributed by atoms with Crippen LogP contribution in [0.1, 0.15) is 11.6 Å². The summed E-state index contributed by atoms with van der Waals surface area (Å²) in [6.07, 6.45) is 0. The van der Waals surface area contributed by atoms with E-state index in [-0.39, 0.29) is 6.04 Å². The second kappa shape index (κ2) is 6.47. The molecule has 0 bridgehead atoms. The smallest absolute Gasteiger partial charge is 0.164 e. The lowest BCUT2D eigenvalue weighted by Gasteiger charge is -2.21. The van der Waals surface area contributed by atoms with E-state index in [1.54, 1.807) is 27.4 Å². The standard InChI is InChI=1S/C13H22N2O3/c1-15(2)8-10(14)9-6-12(17-4)13(18-5)7-11(9)16-3/h6-7,10H,8,14H2,1-5H3. The zero-order valence-electron chi connectivity index (χ0n) is 11.7. The number of ether oxygens (including phenoxy) is 3. The summed E-state index contributed by atoms with van der Waals surface area (Å²) in [6.45, 7) is 0.728. The first-order chi connectivity index (χ1) is 8.53. The lowest BCUT2D eigenvalue weighted by atomic mass is 10.0. The summed E-state index contributed by atoms with van der Waals surface area (Å²) in [6, 6.07) is 3.52. The summed E-state index contributed by atoms with van der Waals surface area (Å²) >= 11 is 0. The Morgan fingerprint density at radius 1 is 1.00 bits per heavy atom. The van der Waals surface area contributed by atoms with E-state index in [4.69, 9.17) is 19.9 Å². The van der Waals surface area contributed by atoms with E-state index >= 15 is 0 Å². The van der Waals surface area contributed by atoms with Gasteiger partial charge in [-0.25, -0.2) is 0 Å². The number of rotatable bonds is 6. The third-order valence-corrected chi connectivity index (χ3v) is 2.70. The predicted octanol–water partition coefficient (Wildman–Crippen LogP) is 1.27. The van der Waals surface area contributed by atoms with Crippen molar-refractivity contribution < 1.29 is 14.2 Å². The minimum absolute atomic E-state index is 0.144. The van der Waals surface area contributed by atoms with Gasteiger partial charge in [0, 0.05) is 24.2 Å². The Bertz CT molecular complexity index is 394. The van der Waals surface area contributed by atoms with Gasteiger partial charge in [-0.3, -0.25) is 0 Å². The molecule has 1 unspecified atom stereocenters. The molecule has 0 aliphatic carbocycles. The maximum absolute atomic E-state index is 6.17. The second-order valence-electron chi connectivity index (χ2n) is 4.32. The van der Waals surface area contributed by atoms with Crippen molar-refractivity contribution in [1.82, 2.24) is 4.90 Å². The first-order valence-electron chi connectivity index (χ1n) is 5.73. The molecule has 5 nitrogen and oxygen atoms in total. The molecule has 0 fully saturated rings. The predicted molar refractivity (Wildman–Crippen MR) is 71.6 cm³/mol. The van der Waals surface area contributed by atoms with Crippen molar-refractivity contribution in [2.24, 2.45) is 5.73 Å². The quantitative estimate of drug-likeness (QED) is 0.828. The Kier molecular flexibility index (Phi) is 5.25. The van der Waals surface area contributed by atoms with Gasteiger partial charge in [-0.15, -0.1) is 0 Å². The van der Waals surface area contributed by atoms with Crippen molar-refractivity contribution >= 4 is 0 Å². The summed E-state index contributed by atoms with van der Waals surface area (Å²) in [5.41, 5.74) is 7.08. The highest BCUT2D eigenvalue weighted by molar-refractivity contribution is 5.51. The molecule has 102 valence electrons. The highest BCUT2D eigenvalue weighted by atomic mass is 16.5. The highest BCUT2D eigenvalue weighted by Gasteiger charge is 2.17. The molecule has 0 aliphatic rings. The van der Waals surface area contributed by atoms with Gasteiger partial charge in [-0.1, -0.05) is 0 Å². The molecule has 0 saturated carbocycles. The number of hydrogen-bond acceptors (Lipinski definition) is 5. The number of benzene rings is 1. The maximum atomic E-state index is 6.17. The highest BCUT2D eigenvalue weighted by Crippen LogP contribution is 2.36. The van der Waals surface area contributed by atoms with Gasteiger partial charge in [0.1, 0.15) is 5.75 Å². The lowest BCUT2D eigenvalue weighted by Crippen LogP contribution is -2.26. The van der Waals surface area contributed by atoms with Crippen LogP contribution in [0.15, 0.2) is 12.1 Å². The van der Waals surface area contributed by atoms with Crippen molar-refractivity contribution in [2.45, 2.75) is 6.04 Å². The minimum Gasteiger partial charge on any atom is -0.496 e. The van der Waals surface area contributed by atoms with Crippen LogP contribution in [0, 0.1) is 0 Å². The van der Waals surface area contributed by atoms with E-state index in [1.807, 2.05) is 25.1 Å². The topological polar surface area (TPSA) is 57.0 Å². The van der Waals surface area contributed by atoms with Crippen molar-refractivity contribution in [1.29, 1.82) is 0 Å². The maximum Gasteiger partial charge on any atom is 0.164 e. The SMILES string of the molecule is COc1cc(OC)c(C(N)CN(C)C)cc1OC. The molecule has 0 amide bonds. The van der Waals surface area contributed by atoms with E-state index in [0.717, 1.165) is 12.1 Å². The largest absolute Gasteiger partial charge is 0.496 e. The zero-order valence-corrected chi connectivity index (χ0v) is 11.7. The van der Waals surface area contributed by atoms with E-state index in [9.17, 15) is 0 Å². The second-order valence-corrected chi connectivity index (χ2v) is 4.32. The summed E-state index contributed by atoms with van der Waals surface area (Å²) < 4.78 is 15.9. The monoisotopic (exact) mass is 254 g/mol. The van der Waals surface area contributed by atoms with Gasteiger partial charge in [-0.2, -0.15) is 0 Å². The molecule has 5 heteroatoms. The molecule has 1 aromatic rings. The number of methoxy groups -OCH3 is 3. The van der Waals surface area contributed by atoms with Crippen LogP contribution >= 0.6 is 0 Å². The Hall–Kier alpha value is -1.46. The van der Waals surface area contributed by atoms with Crippen LogP contribution in [0.3, 0.4) is 0 Å². The van der Waals surface area contributed by atoms with Gasteiger partial charge >= 0.3 is 0 Å². The van der Waals surface area contributed by atoms with Gasteiger partial charge in [0.25, 0.3) is 0 Å². The fourth-order valence-corrected chi connectivity index (χ4v) is 1.83. The first-order valence-corrected chi connectivity index (χ1v) is 5.73. The van der Waals surface area contributed by atoms with Crippen molar-refractivity contribution in [3.05, 3.63) is 17.7 Å². The summed E-state index contributed by atoms with van der Waals surface area (Å²) in [5.74, 6) is 2.00. The fourth-order valence-electron chi connectivity index (χ4n) is 1.83. The molecule has 18 heavy (non-hydrogen) atoms. The van der Waals surface area contributed by atoms with Gasteiger partial charge < -0.3 is 24.8 Å². The van der Waals surface area contributed by atoms with Crippen molar-refractivity contribution in [3.8, 4) is 17.2 Å². The summed E-state index contributed by atoms with van der Waals surface area (Å²) in [7, 11) is 8.77. The fraction of sp³-hybridized carbons (Fsp3) is 0.538. The third kappa shape index (κ3) is 3.27. The Morgan fingerprint density at radius 3 is 1.94 bits per heavy atom. The number of nitrogens with two attached hydrogens (primary N) is 1. The molecule has 0 saturated heterocycles. The first kappa shape index (κ1) is 14.6. The van der Waals surface area contributed by atoms with Crippen LogP contribution in [0.4, 0.5) is 0 Å². The van der Waals surface area contributed by atoms with Crippen molar-refractivity contribution in [2.75, 3.05) is 42.0 Å². The lowest BCUT2D eigenvalue weighted by molar-refractivity contribution is 0.339. The Labute approximate surface area is 108 Å². The molecule has 0 aliphatic heterocycles. The van der Waals surface area contributed by atoms with Gasteiger partial charge in [-0.05, 0) is 20.2 Å². The van der Waals surface area contributed by atoms with Crippen LogP contribution in [0.25, 0.3) is 0 Å². The van der Waals surface area contributed by atoms with Crippen LogP contribution < -0.4 is 19.9 Å². The molecule has 0 radical (unpaired) electrons. The molecular weight excluding hydrogens is 232 g/mol. The third-order valence-electron chi connectivity index (χ3n) is 2.70. The minimum atomic E-state index is -0.144. The van der Waals surface area contributed by atoms with Crippen LogP contribution in [0.5, 0.6) is 17.2 Å². The van der Waals surface area contributed by atoms with Gasteiger partial charge in [0.2, 0.25) is 0 Å². The number of likely N-dealkylation sites (N-methyl/N-ethyl adjacent to an activating group) is 1. The van der Waals surface area contributed by atoms with Gasteiger partial charge in [0.15, 0.2) is 11.5 Å². The van der Waals surface area contributed by atoms with Crippen molar-refractivity contribution in [3.63, 3.8) is 0 Å². The normalized spacial score (nSPS) is 12.4. The molecule has 2 N–H and O–H groups in total. The molecule has 1 atom stereocenters. The van der Waals surface area contributed by atoms with Gasteiger partial charge in [0.05, 0.1) is 21.3 Å². The van der Waals surface area contributed by atoms with E-state index in [2.05, 4.69) is 0 Å². The summed E-state index contributed by atoms with van der Waals surface area (Å²) in [4.78, 5) is 2.03. The average Bonchev–Trinajstić information content (AvgIpc) is 2.36. The van der Waals surface area contributed by atoms with E-state index in [1.165, 1.54) is 0 Å². The Morgan fingerprint density at radius 2 is 1.50 bits per heavy atom. The van der Waals surface area contributed by atoms with E-state index < -0.39 is 0 Å². The average molecular weight is 254 g/mol.